The fourth-order valence-corrected chi connectivity index (χ4v) is 1.50. The average Bonchev–Trinajstić information content (AvgIpc) is 2.43. The lowest BCUT2D eigenvalue weighted by atomic mass is 10.3. The Kier molecular flexibility index (Phi) is 3.85. The fraction of sp³-hybridized carbons (Fsp3) is 0.143. The second-order valence-electron chi connectivity index (χ2n) is 3.69. The Bertz CT molecular complexity index is 533. The van der Waals surface area contributed by atoms with Crippen molar-refractivity contribution in [3.63, 3.8) is 0 Å². The highest BCUT2D eigenvalue weighted by atomic mass is 19.1. The summed E-state index contributed by atoms with van der Waals surface area (Å²) in [6, 6.07) is 7.95. The molecule has 2 rings (SSSR count). The molecule has 0 atom stereocenters. The van der Waals surface area contributed by atoms with Crippen molar-refractivity contribution in [2.75, 3.05) is 14.2 Å². The highest BCUT2D eigenvalue weighted by Gasteiger charge is 2.11. The van der Waals surface area contributed by atoms with Gasteiger partial charge in [-0.1, -0.05) is 0 Å². The van der Waals surface area contributed by atoms with Gasteiger partial charge in [-0.05, 0) is 24.3 Å². The highest BCUT2D eigenvalue weighted by Crippen LogP contribution is 2.31. The number of halogens is 2. The molecule has 0 unspecified atom stereocenters. The van der Waals surface area contributed by atoms with Crippen LogP contribution in [-0.4, -0.2) is 14.2 Å². The predicted molar refractivity (Wildman–Crippen MR) is 66.0 cm³/mol. The molecule has 0 radical (unpaired) electrons. The molecular weight excluding hydrogens is 254 g/mol. The summed E-state index contributed by atoms with van der Waals surface area (Å²) in [6.45, 7) is 0. The number of rotatable bonds is 4. The maximum Gasteiger partial charge on any atom is 0.166 e. The van der Waals surface area contributed by atoms with Crippen molar-refractivity contribution >= 4 is 0 Å². The SMILES string of the molecule is COc1ccc(F)c(Oc2cc(OC)ccc2F)c1. The standard InChI is InChI=1S/C14H12F2O3/c1-17-9-3-5-11(15)13(7-9)19-14-8-10(18-2)4-6-12(14)16/h3-8H,1-2H3. The highest BCUT2D eigenvalue weighted by molar-refractivity contribution is 5.41. The monoisotopic (exact) mass is 266 g/mol. The van der Waals surface area contributed by atoms with Crippen LogP contribution >= 0.6 is 0 Å². The molecule has 19 heavy (non-hydrogen) atoms. The summed E-state index contributed by atoms with van der Waals surface area (Å²) >= 11 is 0. The minimum Gasteiger partial charge on any atom is -0.497 e. The zero-order valence-electron chi connectivity index (χ0n) is 10.4. The van der Waals surface area contributed by atoms with E-state index in [9.17, 15) is 8.78 Å². The molecule has 0 saturated carbocycles. The molecule has 0 amide bonds. The maximum absolute atomic E-state index is 13.6. The van der Waals surface area contributed by atoms with Crippen molar-refractivity contribution in [2.45, 2.75) is 0 Å². The fourth-order valence-electron chi connectivity index (χ4n) is 1.50. The Morgan fingerprint density at radius 3 is 1.53 bits per heavy atom. The molecule has 0 N–H and O–H groups in total. The first-order valence-electron chi connectivity index (χ1n) is 5.49. The van der Waals surface area contributed by atoms with Gasteiger partial charge in [-0.25, -0.2) is 8.78 Å². The second-order valence-corrected chi connectivity index (χ2v) is 3.69. The number of hydrogen-bond donors (Lipinski definition) is 0. The molecule has 0 fully saturated rings. The second kappa shape index (κ2) is 5.56. The van der Waals surface area contributed by atoms with E-state index in [1.807, 2.05) is 0 Å². The lowest BCUT2D eigenvalue weighted by Crippen LogP contribution is -1.93. The van der Waals surface area contributed by atoms with Gasteiger partial charge in [0.1, 0.15) is 11.5 Å². The molecule has 5 heteroatoms. The first-order chi connectivity index (χ1) is 9.13. The van der Waals surface area contributed by atoms with E-state index in [1.54, 1.807) is 0 Å². The van der Waals surface area contributed by atoms with Crippen molar-refractivity contribution < 1.29 is 23.0 Å². The Hall–Kier alpha value is -2.30. The first kappa shape index (κ1) is 13.1. The number of methoxy groups -OCH3 is 2. The van der Waals surface area contributed by atoms with E-state index in [4.69, 9.17) is 14.2 Å². The van der Waals surface area contributed by atoms with E-state index in [0.29, 0.717) is 11.5 Å². The number of benzene rings is 2. The Balaban J connectivity index is 2.35. The quantitative estimate of drug-likeness (QED) is 0.843. The summed E-state index contributed by atoms with van der Waals surface area (Å²) in [6.07, 6.45) is 0. The minimum absolute atomic E-state index is 0.119. The topological polar surface area (TPSA) is 27.7 Å². The van der Waals surface area contributed by atoms with Crippen LogP contribution in [0, 0.1) is 11.6 Å². The van der Waals surface area contributed by atoms with Crippen molar-refractivity contribution in [3.8, 4) is 23.0 Å². The zero-order valence-corrected chi connectivity index (χ0v) is 10.4. The molecule has 0 aliphatic carbocycles. The Morgan fingerprint density at radius 2 is 1.16 bits per heavy atom. The van der Waals surface area contributed by atoms with Crippen LogP contribution in [0.1, 0.15) is 0 Å². The van der Waals surface area contributed by atoms with Gasteiger partial charge in [0.25, 0.3) is 0 Å². The van der Waals surface area contributed by atoms with Crippen molar-refractivity contribution in [2.24, 2.45) is 0 Å². The molecule has 3 nitrogen and oxygen atoms in total. The van der Waals surface area contributed by atoms with Crippen molar-refractivity contribution in [3.05, 3.63) is 48.0 Å². The molecule has 0 heterocycles. The van der Waals surface area contributed by atoms with Crippen LogP contribution < -0.4 is 14.2 Å². The van der Waals surface area contributed by atoms with E-state index in [-0.39, 0.29) is 11.5 Å². The lowest BCUT2D eigenvalue weighted by Gasteiger charge is -2.10. The zero-order chi connectivity index (χ0) is 13.8. The molecular formula is C14H12F2O3. The molecule has 0 aliphatic rings. The summed E-state index contributed by atoms with van der Waals surface area (Å²) in [5, 5.41) is 0. The normalized spacial score (nSPS) is 10.1. The predicted octanol–water partition coefficient (Wildman–Crippen LogP) is 3.77. The lowest BCUT2D eigenvalue weighted by molar-refractivity contribution is 0.384. The third kappa shape index (κ3) is 2.93. The van der Waals surface area contributed by atoms with Gasteiger partial charge in [0.05, 0.1) is 14.2 Å². The van der Waals surface area contributed by atoms with Gasteiger partial charge in [-0.2, -0.15) is 0 Å². The van der Waals surface area contributed by atoms with Crippen LogP contribution in [0.5, 0.6) is 23.0 Å². The van der Waals surface area contributed by atoms with E-state index in [1.165, 1.54) is 50.6 Å². The number of hydrogen-bond acceptors (Lipinski definition) is 3. The summed E-state index contributed by atoms with van der Waals surface area (Å²) in [5.41, 5.74) is 0. The summed E-state index contributed by atoms with van der Waals surface area (Å²) < 4.78 is 42.3. The summed E-state index contributed by atoms with van der Waals surface area (Å²) in [4.78, 5) is 0. The van der Waals surface area contributed by atoms with Gasteiger partial charge in [0, 0.05) is 12.1 Å². The van der Waals surface area contributed by atoms with Gasteiger partial charge in [0.15, 0.2) is 23.1 Å². The van der Waals surface area contributed by atoms with Gasteiger partial charge >= 0.3 is 0 Å². The molecule has 0 aromatic heterocycles. The molecule has 100 valence electrons. The van der Waals surface area contributed by atoms with Crippen LogP contribution in [0.2, 0.25) is 0 Å². The minimum atomic E-state index is -0.608. The third-order valence-electron chi connectivity index (χ3n) is 2.50. The molecule has 0 bridgehead atoms. The maximum atomic E-state index is 13.6. The molecule has 0 spiro atoms. The largest absolute Gasteiger partial charge is 0.497 e. The van der Waals surface area contributed by atoms with Crippen LogP contribution in [-0.2, 0) is 0 Å². The van der Waals surface area contributed by atoms with Crippen LogP contribution in [0.3, 0.4) is 0 Å². The third-order valence-corrected chi connectivity index (χ3v) is 2.50. The average molecular weight is 266 g/mol. The van der Waals surface area contributed by atoms with Crippen LogP contribution in [0.15, 0.2) is 36.4 Å². The van der Waals surface area contributed by atoms with Crippen molar-refractivity contribution in [1.82, 2.24) is 0 Å². The van der Waals surface area contributed by atoms with Crippen LogP contribution in [0.25, 0.3) is 0 Å². The van der Waals surface area contributed by atoms with Gasteiger partial charge in [0.2, 0.25) is 0 Å². The van der Waals surface area contributed by atoms with Gasteiger partial charge in [-0.3, -0.25) is 0 Å². The van der Waals surface area contributed by atoms with Gasteiger partial charge < -0.3 is 14.2 Å². The van der Waals surface area contributed by atoms with E-state index in [0.717, 1.165) is 0 Å². The Morgan fingerprint density at radius 1 is 0.737 bits per heavy atom. The molecule has 2 aromatic carbocycles. The summed E-state index contributed by atoms with van der Waals surface area (Å²) in [7, 11) is 2.90. The smallest absolute Gasteiger partial charge is 0.166 e. The first-order valence-corrected chi connectivity index (χ1v) is 5.49. The van der Waals surface area contributed by atoms with Crippen LogP contribution in [0.4, 0.5) is 8.78 Å². The van der Waals surface area contributed by atoms with Gasteiger partial charge in [-0.15, -0.1) is 0 Å². The Labute approximate surface area is 109 Å². The molecule has 2 aromatic rings. The summed E-state index contributed by atoms with van der Waals surface area (Å²) in [5.74, 6) is -0.622. The van der Waals surface area contributed by atoms with E-state index in [2.05, 4.69) is 0 Å². The van der Waals surface area contributed by atoms with E-state index >= 15 is 0 Å². The van der Waals surface area contributed by atoms with Crippen molar-refractivity contribution in [1.29, 1.82) is 0 Å². The molecule has 0 aliphatic heterocycles. The number of ether oxygens (including phenoxy) is 3. The van der Waals surface area contributed by atoms with E-state index < -0.39 is 11.6 Å². The molecule has 0 saturated heterocycles.